The minimum atomic E-state index is -4.08. The smallest absolute Gasteiger partial charge is 0.410 e. The quantitative estimate of drug-likeness (QED) is 0.251. The van der Waals surface area contributed by atoms with E-state index in [-0.39, 0.29) is 17.1 Å². The van der Waals surface area contributed by atoms with Gasteiger partial charge in [-0.2, -0.15) is 0 Å². The number of carbonyl (C=O) groups excluding carboxylic acids is 2. The molecule has 0 saturated carbocycles. The van der Waals surface area contributed by atoms with Gasteiger partial charge in [-0.3, -0.25) is 4.79 Å². The number of aromatic nitrogens is 2. The standard InChI is InChI=1S/C32H33N3O6S/c1-21-6-9-24(10-7-21)42(38,39)35-28(23-13-16-34(17-14-23)31(37)41-32(2,3)4)19-27-25(12-15-33-30(27)35)26-18-22(20-36)8-11-29(26)40-5/h6-13,15,18-20H,14,16-17H2,1-5H3. The molecule has 0 atom stereocenters. The maximum Gasteiger partial charge on any atom is 0.410 e. The molecule has 0 unspecified atom stereocenters. The van der Waals surface area contributed by atoms with Crippen LogP contribution in [0.1, 0.15) is 48.8 Å². The molecule has 2 aromatic carbocycles. The van der Waals surface area contributed by atoms with Crippen molar-refractivity contribution in [2.75, 3.05) is 20.2 Å². The Morgan fingerprint density at radius 1 is 1.02 bits per heavy atom. The average molecular weight is 588 g/mol. The van der Waals surface area contributed by atoms with Gasteiger partial charge in [-0.15, -0.1) is 0 Å². The molecule has 42 heavy (non-hydrogen) atoms. The Kier molecular flexibility index (Phi) is 7.68. The Balaban J connectivity index is 1.71. The lowest BCUT2D eigenvalue weighted by Crippen LogP contribution is -2.39. The van der Waals surface area contributed by atoms with Gasteiger partial charge in [0.25, 0.3) is 10.0 Å². The maximum absolute atomic E-state index is 14.2. The van der Waals surface area contributed by atoms with Crippen molar-refractivity contribution in [1.29, 1.82) is 0 Å². The Bertz CT molecular complexity index is 1820. The van der Waals surface area contributed by atoms with Gasteiger partial charge in [-0.1, -0.05) is 23.8 Å². The molecule has 0 N–H and O–H groups in total. The van der Waals surface area contributed by atoms with Gasteiger partial charge in [0, 0.05) is 35.8 Å². The van der Waals surface area contributed by atoms with Crippen molar-refractivity contribution in [3.63, 3.8) is 0 Å². The molecule has 0 saturated heterocycles. The summed E-state index contributed by atoms with van der Waals surface area (Å²) in [4.78, 5) is 30.5. The van der Waals surface area contributed by atoms with Crippen molar-refractivity contribution in [2.24, 2.45) is 0 Å². The number of aryl methyl sites for hydroxylation is 1. The van der Waals surface area contributed by atoms with Crippen molar-refractivity contribution in [3.05, 3.63) is 83.7 Å². The van der Waals surface area contributed by atoms with Crippen LogP contribution in [0.25, 0.3) is 27.7 Å². The van der Waals surface area contributed by atoms with Gasteiger partial charge >= 0.3 is 6.09 Å². The van der Waals surface area contributed by atoms with Crippen molar-refractivity contribution in [1.82, 2.24) is 13.9 Å². The molecule has 2 aromatic heterocycles. The van der Waals surface area contributed by atoms with Gasteiger partial charge in [0.15, 0.2) is 5.65 Å². The molecule has 0 bridgehead atoms. The molecule has 9 nitrogen and oxygen atoms in total. The number of rotatable bonds is 6. The zero-order valence-corrected chi connectivity index (χ0v) is 25.1. The number of pyridine rings is 1. The zero-order valence-electron chi connectivity index (χ0n) is 24.2. The molecule has 0 spiro atoms. The van der Waals surface area contributed by atoms with Crippen LogP contribution in [-0.4, -0.2) is 60.5 Å². The molecule has 1 amide bonds. The van der Waals surface area contributed by atoms with E-state index in [0.29, 0.717) is 46.5 Å². The molecular weight excluding hydrogens is 554 g/mol. The van der Waals surface area contributed by atoms with Crippen LogP contribution in [0.2, 0.25) is 0 Å². The highest BCUT2D eigenvalue weighted by Gasteiger charge is 2.30. The summed E-state index contributed by atoms with van der Waals surface area (Å²) in [6.45, 7) is 7.97. The second kappa shape index (κ2) is 11.1. The summed E-state index contributed by atoms with van der Waals surface area (Å²) in [5.74, 6) is 0.536. The van der Waals surface area contributed by atoms with Crippen LogP contribution in [0.15, 0.2) is 71.8 Å². The van der Waals surface area contributed by atoms with Crippen molar-refractivity contribution in [3.8, 4) is 16.9 Å². The third-order valence-electron chi connectivity index (χ3n) is 7.06. The molecular formula is C32H33N3O6S. The van der Waals surface area contributed by atoms with E-state index in [4.69, 9.17) is 9.47 Å². The largest absolute Gasteiger partial charge is 0.496 e. The van der Waals surface area contributed by atoms with Crippen molar-refractivity contribution >= 4 is 39.0 Å². The predicted octanol–water partition coefficient (Wildman–Crippen LogP) is 6.09. The van der Waals surface area contributed by atoms with Crippen LogP contribution in [0.5, 0.6) is 5.75 Å². The molecule has 10 heteroatoms. The summed E-state index contributed by atoms with van der Waals surface area (Å²) >= 11 is 0. The van der Waals surface area contributed by atoms with Gasteiger partial charge in [-0.25, -0.2) is 22.2 Å². The number of aldehydes is 1. The highest BCUT2D eigenvalue weighted by Crippen LogP contribution is 2.39. The Labute approximate surface area is 245 Å². The number of nitrogens with zero attached hydrogens (tertiary/aromatic N) is 3. The normalized spacial score (nSPS) is 14.0. The van der Waals surface area contributed by atoms with Crippen LogP contribution >= 0.6 is 0 Å². The molecule has 4 aromatic rings. The minimum absolute atomic E-state index is 0.131. The topological polar surface area (TPSA) is 108 Å². The first-order valence-corrected chi connectivity index (χ1v) is 15.0. The number of carbonyl (C=O) groups is 2. The molecule has 0 aliphatic carbocycles. The van der Waals surface area contributed by atoms with Crippen LogP contribution in [-0.2, 0) is 14.8 Å². The zero-order chi connectivity index (χ0) is 30.2. The summed E-state index contributed by atoms with van der Waals surface area (Å²) in [5, 5.41) is 0.583. The Morgan fingerprint density at radius 2 is 1.76 bits per heavy atom. The van der Waals surface area contributed by atoms with E-state index in [1.807, 2.05) is 39.8 Å². The third kappa shape index (κ3) is 5.54. The monoisotopic (exact) mass is 587 g/mol. The van der Waals surface area contributed by atoms with Gasteiger partial charge in [0.05, 0.1) is 17.7 Å². The highest BCUT2D eigenvalue weighted by molar-refractivity contribution is 7.90. The van der Waals surface area contributed by atoms with Crippen molar-refractivity contribution in [2.45, 2.75) is 44.6 Å². The summed E-state index contributed by atoms with van der Waals surface area (Å²) < 4.78 is 40.9. The van der Waals surface area contributed by atoms with Crippen LogP contribution in [0, 0.1) is 6.92 Å². The van der Waals surface area contributed by atoms with Crippen LogP contribution < -0.4 is 4.74 Å². The van der Waals surface area contributed by atoms with Crippen LogP contribution in [0.4, 0.5) is 4.79 Å². The second-order valence-electron chi connectivity index (χ2n) is 11.2. The van der Waals surface area contributed by atoms with E-state index in [0.717, 1.165) is 17.4 Å². The van der Waals surface area contributed by atoms with E-state index >= 15 is 0 Å². The number of fused-ring (bicyclic) bond motifs is 1. The summed E-state index contributed by atoms with van der Waals surface area (Å²) in [6.07, 6.45) is 4.16. The first-order valence-electron chi connectivity index (χ1n) is 13.6. The van der Waals surface area contributed by atoms with E-state index in [2.05, 4.69) is 4.98 Å². The lowest BCUT2D eigenvalue weighted by Gasteiger charge is -2.29. The number of ether oxygens (including phenoxy) is 2. The summed E-state index contributed by atoms with van der Waals surface area (Å²) in [7, 11) is -2.54. The van der Waals surface area contributed by atoms with E-state index in [1.165, 1.54) is 3.97 Å². The Morgan fingerprint density at radius 3 is 2.38 bits per heavy atom. The molecule has 1 aliphatic heterocycles. The molecule has 1 aliphatic rings. The lowest BCUT2D eigenvalue weighted by atomic mass is 9.99. The average Bonchev–Trinajstić information content (AvgIpc) is 3.37. The van der Waals surface area contributed by atoms with Crippen LogP contribution in [0.3, 0.4) is 0 Å². The fraction of sp³-hybridized carbons (Fsp3) is 0.281. The first kappa shape index (κ1) is 29.1. The van der Waals surface area contributed by atoms with E-state index in [9.17, 15) is 18.0 Å². The predicted molar refractivity (Wildman–Crippen MR) is 161 cm³/mol. The number of benzene rings is 2. The molecule has 3 heterocycles. The molecule has 0 radical (unpaired) electrons. The lowest BCUT2D eigenvalue weighted by molar-refractivity contribution is 0.0270. The fourth-order valence-corrected chi connectivity index (χ4v) is 6.49. The fourth-order valence-electron chi connectivity index (χ4n) is 5.00. The second-order valence-corrected chi connectivity index (χ2v) is 13.0. The number of amides is 1. The summed E-state index contributed by atoms with van der Waals surface area (Å²) in [6, 6.07) is 15.4. The van der Waals surface area contributed by atoms with Gasteiger partial charge < -0.3 is 14.4 Å². The van der Waals surface area contributed by atoms with Crippen molar-refractivity contribution < 1.29 is 27.5 Å². The SMILES string of the molecule is COc1ccc(C=O)cc1-c1ccnc2c1cc(C1=CCN(C(=O)OC(C)(C)C)CC1)n2S(=O)(=O)c1ccc(C)cc1. The number of methoxy groups -OCH3 is 1. The number of hydrogen-bond donors (Lipinski definition) is 0. The summed E-state index contributed by atoms with van der Waals surface area (Å²) in [5.41, 5.74) is 3.55. The third-order valence-corrected chi connectivity index (χ3v) is 8.78. The minimum Gasteiger partial charge on any atom is -0.496 e. The van der Waals surface area contributed by atoms with Gasteiger partial charge in [0.2, 0.25) is 0 Å². The molecule has 218 valence electrons. The van der Waals surface area contributed by atoms with E-state index in [1.54, 1.807) is 66.7 Å². The molecule has 5 rings (SSSR count). The highest BCUT2D eigenvalue weighted by atomic mass is 32.2. The first-order chi connectivity index (χ1) is 19.9. The number of hydrogen-bond acceptors (Lipinski definition) is 7. The van der Waals surface area contributed by atoms with E-state index < -0.39 is 21.7 Å². The Hall–Kier alpha value is -4.44. The van der Waals surface area contributed by atoms with Gasteiger partial charge in [0.1, 0.15) is 17.6 Å². The molecule has 0 fully saturated rings. The van der Waals surface area contributed by atoms with Gasteiger partial charge in [-0.05, 0) is 87.7 Å². The maximum atomic E-state index is 14.2.